The first-order chi connectivity index (χ1) is 9.70. The van der Waals surface area contributed by atoms with Crippen LogP contribution in [0.15, 0.2) is 34.7 Å². The van der Waals surface area contributed by atoms with Crippen molar-refractivity contribution in [3.63, 3.8) is 0 Å². The Morgan fingerprint density at radius 3 is 2.24 bits per heavy atom. The third-order valence-corrected chi connectivity index (χ3v) is 4.44. The van der Waals surface area contributed by atoms with Crippen LogP contribution in [-0.2, 0) is 15.8 Å². The van der Waals surface area contributed by atoms with Gasteiger partial charge in [-0.1, -0.05) is 37.3 Å². The van der Waals surface area contributed by atoms with Crippen molar-refractivity contribution in [3.05, 3.63) is 35.9 Å². The summed E-state index contributed by atoms with van der Waals surface area (Å²) in [5.41, 5.74) is 1.79. The number of benzene rings is 1. The summed E-state index contributed by atoms with van der Waals surface area (Å²) >= 11 is 0. The van der Waals surface area contributed by atoms with Gasteiger partial charge in [0.05, 0.1) is 10.5 Å². The van der Waals surface area contributed by atoms with E-state index in [1.54, 1.807) is 6.92 Å². The fourth-order valence-electron chi connectivity index (χ4n) is 1.97. The van der Waals surface area contributed by atoms with Crippen molar-refractivity contribution in [3.8, 4) is 0 Å². The van der Waals surface area contributed by atoms with E-state index in [4.69, 9.17) is 0 Å². The van der Waals surface area contributed by atoms with Crippen molar-refractivity contribution >= 4 is 22.5 Å². The first kappa shape index (κ1) is 17.8. The molecular weight excluding hydrogens is 282 g/mol. The molecule has 0 aliphatic heterocycles. The highest BCUT2D eigenvalue weighted by atomic mass is 32.2. The van der Waals surface area contributed by atoms with Crippen LogP contribution in [0.25, 0.3) is 0 Å². The van der Waals surface area contributed by atoms with Crippen molar-refractivity contribution in [2.75, 3.05) is 0 Å². The van der Waals surface area contributed by atoms with Crippen molar-refractivity contribution in [2.45, 2.75) is 52.2 Å². The fourth-order valence-corrected chi connectivity index (χ4v) is 2.62. The lowest BCUT2D eigenvalue weighted by Crippen LogP contribution is -2.22. The van der Waals surface area contributed by atoms with Gasteiger partial charge < -0.3 is 4.79 Å². The maximum atomic E-state index is 12.3. The molecule has 0 saturated carbocycles. The molecule has 0 aliphatic carbocycles. The number of ketones is 1. The van der Waals surface area contributed by atoms with Gasteiger partial charge in [-0.2, -0.15) is 4.40 Å². The molecule has 0 radical (unpaired) electrons. The lowest BCUT2D eigenvalue weighted by atomic mass is 9.95. The minimum absolute atomic E-state index is 0.173. The van der Waals surface area contributed by atoms with E-state index in [2.05, 4.69) is 4.40 Å². The smallest absolute Gasteiger partial charge is 0.145 e. The summed E-state index contributed by atoms with van der Waals surface area (Å²) in [6.45, 7) is 9.36. The number of carbonyl (C=O) groups excluding carboxylic acids is 1. The summed E-state index contributed by atoms with van der Waals surface area (Å²) < 4.78 is 16.4. The Morgan fingerprint density at radius 2 is 1.76 bits per heavy atom. The largest absolute Gasteiger partial charge is 0.300 e. The molecule has 0 fully saturated rings. The first-order valence-electron chi connectivity index (χ1n) is 7.24. The van der Waals surface area contributed by atoms with Gasteiger partial charge in [0.25, 0.3) is 0 Å². The van der Waals surface area contributed by atoms with Gasteiger partial charge in [-0.25, -0.2) is 4.21 Å². The molecule has 116 valence electrons. The monoisotopic (exact) mass is 307 g/mol. The van der Waals surface area contributed by atoms with Crippen LogP contribution < -0.4 is 0 Å². The minimum Gasteiger partial charge on any atom is -0.300 e. The number of Topliss-reactive ketones (excluding diaryl/α,β-unsaturated/α-hetero) is 1. The lowest BCUT2D eigenvalue weighted by Gasteiger charge is -2.17. The van der Waals surface area contributed by atoms with Crippen LogP contribution in [0.1, 0.15) is 53.0 Å². The third-order valence-electron chi connectivity index (χ3n) is 3.00. The minimum atomic E-state index is -1.29. The van der Waals surface area contributed by atoms with E-state index < -0.39 is 11.0 Å². The van der Waals surface area contributed by atoms with E-state index in [0.29, 0.717) is 12.8 Å². The standard InChI is InChI=1S/C17H25NO2S/c1-13(11-14(2)19)12-16(15-9-7-6-8-10-15)18-21(20)17(3,4)5/h6-10,13H,11-12H2,1-5H3/b18-16-/t13-,21?/m0/s1. The van der Waals surface area contributed by atoms with Gasteiger partial charge in [-0.15, -0.1) is 0 Å². The Hall–Kier alpha value is -1.29. The molecule has 0 saturated heterocycles. The summed E-state index contributed by atoms with van der Waals surface area (Å²) in [4.78, 5) is 11.3. The van der Waals surface area contributed by atoms with Gasteiger partial charge in [-0.3, -0.25) is 0 Å². The van der Waals surface area contributed by atoms with Crippen LogP contribution in [0.2, 0.25) is 0 Å². The van der Waals surface area contributed by atoms with Crippen molar-refractivity contribution in [2.24, 2.45) is 10.3 Å². The molecule has 0 aromatic heterocycles. The van der Waals surface area contributed by atoms with Gasteiger partial charge in [0.1, 0.15) is 16.8 Å². The third kappa shape index (κ3) is 6.34. The number of rotatable bonds is 6. The molecule has 0 amide bonds. The van der Waals surface area contributed by atoms with Gasteiger partial charge in [0.15, 0.2) is 0 Å². The normalized spacial score (nSPS) is 15.6. The van der Waals surface area contributed by atoms with Crippen LogP contribution in [0.4, 0.5) is 0 Å². The summed E-state index contributed by atoms with van der Waals surface area (Å²) in [6.07, 6.45) is 1.18. The fraction of sp³-hybridized carbons (Fsp3) is 0.529. The summed E-state index contributed by atoms with van der Waals surface area (Å²) in [5.74, 6) is 0.366. The number of hydrogen-bond acceptors (Lipinski definition) is 2. The quantitative estimate of drug-likeness (QED) is 0.747. The molecule has 4 heteroatoms. The average Bonchev–Trinajstić information content (AvgIpc) is 2.36. The molecule has 1 aromatic carbocycles. The Labute approximate surface area is 130 Å². The molecule has 2 atom stereocenters. The maximum Gasteiger partial charge on any atom is 0.145 e. The Bertz CT molecular complexity index is 529. The number of hydrogen-bond donors (Lipinski definition) is 0. The van der Waals surface area contributed by atoms with E-state index in [1.165, 1.54) is 0 Å². The van der Waals surface area contributed by atoms with E-state index >= 15 is 0 Å². The highest BCUT2D eigenvalue weighted by Gasteiger charge is 2.21. The zero-order chi connectivity index (χ0) is 16.0. The zero-order valence-electron chi connectivity index (χ0n) is 13.6. The molecule has 1 unspecified atom stereocenters. The van der Waals surface area contributed by atoms with Crippen LogP contribution in [-0.4, -0.2) is 20.5 Å². The molecule has 1 rings (SSSR count). The van der Waals surface area contributed by atoms with E-state index in [0.717, 1.165) is 11.3 Å². The van der Waals surface area contributed by atoms with Gasteiger partial charge in [-0.05, 0) is 45.6 Å². The van der Waals surface area contributed by atoms with Crippen molar-refractivity contribution in [1.29, 1.82) is 0 Å². The van der Waals surface area contributed by atoms with Crippen molar-refractivity contribution in [1.82, 2.24) is 0 Å². The van der Waals surface area contributed by atoms with Crippen LogP contribution in [0.5, 0.6) is 0 Å². The maximum absolute atomic E-state index is 12.3. The van der Waals surface area contributed by atoms with Crippen LogP contribution in [0, 0.1) is 5.92 Å². The lowest BCUT2D eigenvalue weighted by molar-refractivity contribution is -0.117. The molecule has 0 N–H and O–H groups in total. The molecular formula is C17H25NO2S. The topological polar surface area (TPSA) is 46.5 Å². The van der Waals surface area contributed by atoms with E-state index in [-0.39, 0.29) is 16.4 Å². The summed E-state index contributed by atoms with van der Waals surface area (Å²) in [7, 11) is -1.29. The second-order valence-electron chi connectivity index (χ2n) is 6.48. The molecule has 21 heavy (non-hydrogen) atoms. The van der Waals surface area contributed by atoms with E-state index in [9.17, 15) is 9.00 Å². The van der Waals surface area contributed by atoms with Gasteiger partial charge in [0, 0.05) is 6.42 Å². The van der Waals surface area contributed by atoms with Crippen LogP contribution >= 0.6 is 0 Å². The Morgan fingerprint density at radius 1 is 1.19 bits per heavy atom. The SMILES string of the molecule is CC(=O)C[C@H](C)C/C(=N/S(=O)C(C)(C)C)c1ccccc1. The van der Waals surface area contributed by atoms with Crippen molar-refractivity contribution < 1.29 is 9.00 Å². The number of nitrogens with zero attached hydrogens (tertiary/aromatic N) is 1. The molecule has 0 bridgehead atoms. The molecule has 3 nitrogen and oxygen atoms in total. The molecule has 0 spiro atoms. The highest BCUT2D eigenvalue weighted by Crippen LogP contribution is 2.19. The summed E-state index contributed by atoms with van der Waals surface area (Å²) in [6, 6.07) is 9.78. The number of carbonyl (C=O) groups is 1. The molecule has 1 aromatic rings. The zero-order valence-corrected chi connectivity index (χ0v) is 14.4. The van der Waals surface area contributed by atoms with Crippen LogP contribution in [0.3, 0.4) is 0 Å². The second kappa shape index (κ2) is 7.64. The Kier molecular flexibility index (Phi) is 6.46. The first-order valence-corrected chi connectivity index (χ1v) is 8.35. The van der Waals surface area contributed by atoms with Gasteiger partial charge in [0.2, 0.25) is 0 Å². The average molecular weight is 307 g/mol. The predicted molar refractivity (Wildman–Crippen MR) is 90.0 cm³/mol. The molecule has 0 heterocycles. The molecule has 0 aliphatic rings. The van der Waals surface area contributed by atoms with Gasteiger partial charge >= 0.3 is 0 Å². The predicted octanol–water partition coefficient (Wildman–Crippen LogP) is 3.94. The highest BCUT2D eigenvalue weighted by molar-refractivity contribution is 7.85. The van der Waals surface area contributed by atoms with E-state index in [1.807, 2.05) is 58.0 Å². The summed E-state index contributed by atoms with van der Waals surface area (Å²) in [5, 5.41) is 0. The Balaban J connectivity index is 3.04. The second-order valence-corrected chi connectivity index (χ2v) is 8.39.